The van der Waals surface area contributed by atoms with E-state index in [9.17, 15) is 4.79 Å². The third-order valence-corrected chi connectivity index (χ3v) is 3.35. The highest BCUT2D eigenvalue weighted by atomic mass is 16.2. The maximum Gasteiger partial charge on any atom is 0.256 e. The summed E-state index contributed by atoms with van der Waals surface area (Å²) in [6, 6.07) is 0. The molecule has 1 heterocycles. The lowest BCUT2D eigenvalue weighted by Gasteiger charge is -2.21. The lowest BCUT2D eigenvalue weighted by Crippen LogP contribution is -2.29. The number of anilines is 1. The van der Waals surface area contributed by atoms with Crippen LogP contribution in [0.15, 0.2) is 12.4 Å². The van der Waals surface area contributed by atoms with Crippen molar-refractivity contribution in [2.75, 3.05) is 31.6 Å². The Morgan fingerprint density at radius 3 is 2.05 bits per heavy atom. The summed E-state index contributed by atoms with van der Waals surface area (Å²) < 4.78 is 0. The number of hydrogen-bond donors (Lipinski definition) is 0. The lowest BCUT2D eigenvalue weighted by molar-refractivity contribution is 0.0792. The van der Waals surface area contributed by atoms with E-state index in [0.29, 0.717) is 11.5 Å². The van der Waals surface area contributed by atoms with E-state index < -0.39 is 0 Å². The molecule has 0 aliphatic carbocycles. The minimum absolute atomic E-state index is 0.00691. The first-order valence-corrected chi connectivity index (χ1v) is 7.96. The Kier molecular flexibility index (Phi) is 7.72. The fourth-order valence-electron chi connectivity index (χ4n) is 2.16. The Bertz CT molecular complexity index is 413. The van der Waals surface area contributed by atoms with Crippen LogP contribution >= 0.6 is 0 Å². The third-order valence-electron chi connectivity index (χ3n) is 3.35. The van der Waals surface area contributed by atoms with Crippen molar-refractivity contribution in [3.63, 3.8) is 0 Å². The van der Waals surface area contributed by atoms with Crippen LogP contribution in [0.25, 0.3) is 0 Å². The van der Waals surface area contributed by atoms with Crippen LogP contribution in [-0.4, -0.2) is 47.5 Å². The molecule has 0 N–H and O–H groups in total. The SMILES string of the molecule is CCCCN(C)C(=O)c1cnc(N(CCC)CCC)nc1. The summed E-state index contributed by atoms with van der Waals surface area (Å²) in [5.41, 5.74) is 0.560. The highest BCUT2D eigenvalue weighted by molar-refractivity contribution is 5.93. The van der Waals surface area contributed by atoms with Gasteiger partial charge in [0.2, 0.25) is 5.95 Å². The van der Waals surface area contributed by atoms with Gasteiger partial charge in [0.25, 0.3) is 5.91 Å². The van der Waals surface area contributed by atoms with Crippen molar-refractivity contribution in [3.05, 3.63) is 18.0 Å². The van der Waals surface area contributed by atoms with Crippen molar-refractivity contribution in [3.8, 4) is 0 Å². The minimum Gasteiger partial charge on any atom is -0.342 e. The van der Waals surface area contributed by atoms with E-state index in [1.807, 2.05) is 7.05 Å². The summed E-state index contributed by atoms with van der Waals surface area (Å²) in [6.45, 7) is 9.06. The van der Waals surface area contributed by atoms with Crippen molar-refractivity contribution < 1.29 is 4.79 Å². The molecule has 1 aromatic heterocycles. The van der Waals surface area contributed by atoms with Crippen molar-refractivity contribution in [2.24, 2.45) is 0 Å². The molecule has 21 heavy (non-hydrogen) atoms. The highest BCUT2D eigenvalue weighted by Gasteiger charge is 2.14. The zero-order chi connectivity index (χ0) is 15.7. The zero-order valence-corrected chi connectivity index (χ0v) is 13.8. The predicted octanol–water partition coefficient (Wildman–Crippen LogP) is 2.98. The molecule has 0 spiro atoms. The molecule has 0 aliphatic heterocycles. The summed E-state index contributed by atoms with van der Waals surface area (Å²) in [5.74, 6) is 0.707. The van der Waals surface area contributed by atoms with Crippen LogP contribution in [0.5, 0.6) is 0 Å². The number of rotatable bonds is 9. The van der Waals surface area contributed by atoms with E-state index in [1.165, 1.54) is 0 Å². The predicted molar refractivity (Wildman–Crippen MR) is 86.7 cm³/mol. The lowest BCUT2D eigenvalue weighted by atomic mass is 10.2. The van der Waals surface area contributed by atoms with Gasteiger partial charge in [-0.05, 0) is 19.3 Å². The second kappa shape index (κ2) is 9.32. The molecule has 5 heteroatoms. The molecule has 0 aromatic carbocycles. The molecule has 0 radical (unpaired) electrons. The minimum atomic E-state index is -0.00691. The van der Waals surface area contributed by atoms with E-state index in [4.69, 9.17) is 0 Å². The topological polar surface area (TPSA) is 49.3 Å². The van der Waals surface area contributed by atoms with Crippen molar-refractivity contribution >= 4 is 11.9 Å². The van der Waals surface area contributed by atoms with Gasteiger partial charge in [0.1, 0.15) is 0 Å². The number of amides is 1. The van der Waals surface area contributed by atoms with Crippen molar-refractivity contribution in [1.82, 2.24) is 14.9 Å². The molecule has 1 aromatic rings. The first kappa shape index (κ1) is 17.4. The Morgan fingerprint density at radius 2 is 1.57 bits per heavy atom. The first-order chi connectivity index (χ1) is 10.1. The number of nitrogens with zero attached hydrogens (tertiary/aromatic N) is 4. The normalized spacial score (nSPS) is 10.5. The zero-order valence-electron chi connectivity index (χ0n) is 13.8. The average Bonchev–Trinajstić information content (AvgIpc) is 2.52. The average molecular weight is 292 g/mol. The first-order valence-electron chi connectivity index (χ1n) is 7.96. The molecular formula is C16H28N4O. The van der Waals surface area contributed by atoms with Crippen LogP contribution in [0.1, 0.15) is 56.8 Å². The summed E-state index contributed by atoms with van der Waals surface area (Å²) in [5, 5.41) is 0. The van der Waals surface area contributed by atoms with Gasteiger partial charge >= 0.3 is 0 Å². The Labute approximate surface area is 128 Å². The van der Waals surface area contributed by atoms with Crippen molar-refractivity contribution in [2.45, 2.75) is 46.5 Å². The van der Waals surface area contributed by atoms with Gasteiger partial charge in [0.15, 0.2) is 0 Å². The largest absolute Gasteiger partial charge is 0.342 e. The number of unbranched alkanes of at least 4 members (excludes halogenated alkanes) is 1. The molecule has 0 saturated carbocycles. The maximum absolute atomic E-state index is 12.2. The molecule has 0 unspecified atom stereocenters. The highest BCUT2D eigenvalue weighted by Crippen LogP contribution is 2.10. The van der Waals surface area contributed by atoms with Gasteiger partial charge in [-0.1, -0.05) is 27.2 Å². The summed E-state index contributed by atoms with van der Waals surface area (Å²) in [7, 11) is 1.83. The van der Waals surface area contributed by atoms with E-state index in [1.54, 1.807) is 17.3 Å². The Hall–Kier alpha value is -1.65. The monoisotopic (exact) mass is 292 g/mol. The second-order valence-corrected chi connectivity index (χ2v) is 5.34. The van der Waals surface area contributed by atoms with Crippen LogP contribution in [-0.2, 0) is 0 Å². The van der Waals surface area contributed by atoms with Gasteiger partial charge in [-0.15, -0.1) is 0 Å². The maximum atomic E-state index is 12.2. The van der Waals surface area contributed by atoms with Crippen LogP contribution in [0, 0.1) is 0 Å². The molecule has 1 rings (SSSR count). The Morgan fingerprint density at radius 1 is 1.00 bits per heavy atom. The fraction of sp³-hybridized carbons (Fsp3) is 0.688. The summed E-state index contributed by atoms with van der Waals surface area (Å²) >= 11 is 0. The van der Waals surface area contributed by atoms with Gasteiger partial charge in [-0.3, -0.25) is 4.79 Å². The van der Waals surface area contributed by atoms with E-state index >= 15 is 0 Å². The molecule has 118 valence electrons. The molecule has 0 aliphatic rings. The van der Waals surface area contributed by atoms with Gasteiger partial charge in [0, 0.05) is 39.1 Å². The van der Waals surface area contributed by atoms with E-state index in [2.05, 4.69) is 35.6 Å². The van der Waals surface area contributed by atoms with E-state index in [0.717, 1.165) is 45.3 Å². The second-order valence-electron chi connectivity index (χ2n) is 5.34. The van der Waals surface area contributed by atoms with Crippen LogP contribution < -0.4 is 4.90 Å². The summed E-state index contributed by atoms with van der Waals surface area (Å²) in [6.07, 6.45) is 7.50. The van der Waals surface area contributed by atoms with Gasteiger partial charge in [-0.2, -0.15) is 0 Å². The quantitative estimate of drug-likeness (QED) is 0.702. The molecular weight excluding hydrogens is 264 g/mol. The van der Waals surface area contributed by atoms with Crippen LogP contribution in [0.2, 0.25) is 0 Å². The van der Waals surface area contributed by atoms with E-state index in [-0.39, 0.29) is 5.91 Å². The number of carbonyl (C=O) groups is 1. The molecule has 0 atom stereocenters. The van der Waals surface area contributed by atoms with Gasteiger partial charge in [-0.25, -0.2) is 9.97 Å². The molecule has 5 nitrogen and oxygen atoms in total. The summed E-state index contributed by atoms with van der Waals surface area (Å²) in [4.78, 5) is 24.8. The molecule has 0 fully saturated rings. The van der Waals surface area contributed by atoms with Crippen molar-refractivity contribution in [1.29, 1.82) is 0 Å². The molecule has 0 bridgehead atoms. The standard InChI is InChI=1S/C16H28N4O/c1-5-8-11-19(4)15(21)14-12-17-16(18-13-14)20(9-6-2)10-7-3/h12-13H,5-11H2,1-4H3. The Balaban J connectivity index is 2.73. The van der Waals surface area contributed by atoms with Crippen LogP contribution in [0.4, 0.5) is 5.95 Å². The number of carbonyl (C=O) groups excluding carboxylic acids is 1. The molecule has 0 saturated heterocycles. The number of hydrogen-bond acceptors (Lipinski definition) is 4. The van der Waals surface area contributed by atoms with Gasteiger partial charge < -0.3 is 9.80 Å². The fourth-order valence-corrected chi connectivity index (χ4v) is 2.16. The smallest absolute Gasteiger partial charge is 0.256 e. The number of aromatic nitrogens is 2. The van der Waals surface area contributed by atoms with Crippen LogP contribution in [0.3, 0.4) is 0 Å². The van der Waals surface area contributed by atoms with Gasteiger partial charge in [0.05, 0.1) is 5.56 Å². The third kappa shape index (κ3) is 5.33. The molecule has 1 amide bonds.